The van der Waals surface area contributed by atoms with Gasteiger partial charge in [-0.2, -0.15) is 0 Å². The van der Waals surface area contributed by atoms with Crippen LogP contribution in [0.15, 0.2) is 12.1 Å². The Morgan fingerprint density at radius 3 is 2.91 bits per heavy atom. The number of nitrogens with one attached hydrogen (secondary N) is 1. The van der Waals surface area contributed by atoms with Crippen LogP contribution in [-0.4, -0.2) is 18.3 Å². The van der Waals surface area contributed by atoms with Gasteiger partial charge in [-0.25, -0.2) is 4.98 Å². The van der Waals surface area contributed by atoms with Crippen LogP contribution in [0.5, 0.6) is 5.88 Å². The maximum atomic E-state index is 6.95. The van der Waals surface area contributed by atoms with Gasteiger partial charge in [0, 0.05) is 17.8 Å². The quantitative estimate of drug-likeness (QED) is 0.543. The number of nitrogens with zero attached hydrogens (tertiary/aromatic N) is 1. The van der Waals surface area contributed by atoms with E-state index in [9.17, 15) is 0 Å². The van der Waals surface area contributed by atoms with E-state index in [-0.39, 0.29) is 0 Å². The van der Waals surface area contributed by atoms with Gasteiger partial charge in [0.25, 0.3) is 0 Å². The number of aromatic nitrogens is 1. The van der Waals surface area contributed by atoms with E-state index in [0.29, 0.717) is 16.6 Å². The summed E-state index contributed by atoms with van der Waals surface area (Å²) in [5.74, 6) is 0.427. The average molecular weight is 171 g/mol. The summed E-state index contributed by atoms with van der Waals surface area (Å²) in [6.45, 7) is 0. The van der Waals surface area contributed by atoms with Crippen LogP contribution in [0.1, 0.15) is 5.56 Å². The number of pyridine rings is 1. The van der Waals surface area contributed by atoms with Gasteiger partial charge in [-0.3, -0.25) is 0 Å². The van der Waals surface area contributed by atoms with Crippen molar-refractivity contribution in [1.29, 1.82) is 5.41 Å². The normalized spacial score (nSPS) is 9.27. The van der Waals surface area contributed by atoms with E-state index in [2.05, 4.69) is 4.98 Å². The molecule has 0 fully saturated rings. The zero-order chi connectivity index (χ0) is 8.27. The smallest absolute Gasteiger partial charge is 0.215 e. The molecule has 4 heteroatoms. The monoisotopic (exact) mass is 170 g/mol. The van der Waals surface area contributed by atoms with Gasteiger partial charge >= 0.3 is 0 Å². The fraction of sp³-hybridized carbons (Fsp3) is 0.143. The Labute approximate surface area is 69.5 Å². The van der Waals surface area contributed by atoms with Gasteiger partial charge in [-0.15, -0.1) is 0 Å². The molecule has 1 heterocycles. The molecule has 1 rings (SSSR count). The molecule has 0 aliphatic rings. The molecule has 0 bridgehead atoms. The number of rotatable bonds is 2. The summed E-state index contributed by atoms with van der Waals surface area (Å²) < 4.78 is 4.84. The second-order valence-corrected chi connectivity index (χ2v) is 2.30. The molecule has 1 N–H and O–H groups in total. The fourth-order valence-corrected chi connectivity index (χ4v) is 0.889. The summed E-state index contributed by atoms with van der Waals surface area (Å²) in [5.41, 5.74) is 0.682. The number of methoxy groups -OCH3 is 1. The van der Waals surface area contributed by atoms with Crippen LogP contribution in [-0.2, 0) is 0 Å². The number of ether oxygens (including phenoxy) is 1. The lowest BCUT2D eigenvalue weighted by molar-refractivity contribution is 0.398. The lowest BCUT2D eigenvalue weighted by Gasteiger charge is -1.99. The molecule has 0 amide bonds. The Morgan fingerprint density at radius 2 is 2.36 bits per heavy atom. The van der Waals surface area contributed by atoms with Crippen molar-refractivity contribution < 1.29 is 4.74 Å². The van der Waals surface area contributed by atoms with Crippen LogP contribution in [0.4, 0.5) is 0 Å². The van der Waals surface area contributed by atoms with Crippen molar-refractivity contribution in [2.75, 3.05) is 7.11 Å². The molecule has 0 saturated carbocycles. The molecule has 0 aliphatic heterocycles. The molecule has 58 valence electrons. The Kier molecular flexibility index (Phi) is 2.44. The molecule has 0 radical (unpaired) electrons. The fourth-order valence-electron chi connectivity index (χ4n) is 0.679. The van der Waals surface area contributed by atoms with Crippen molar-refractivity contribution in [2.45, 2.75) is 0 Å². The maximum absolute atomic E-state index is 6.95. The van der Waals surface area contributed by atoms with E-state index in [1.54, 1.807) is 12.1 Å². The van der Waals surface area contributed by atoms with Gasteiger partial charge in [0.15, 0.2) is 0 Å². The van der Waals surface area contributed by atoms with E-state index in [1.165, 1.54) is 13.3 Å². The molecule has 0 spiro atoms. The van der Waals surface area contributed by atoms with Gasteiger partial charge < -0.3 is 10.1 Å². The standard InChI is InChI=1S/C7H7ClN2O/c1-11-7-3-5(4-9)2-6(8)10-7/h2-4,9H,1H3. The second-order valence-electron chi connectivity index (χ2n) is 1.91. The Balaban J connectivity index is 3.11. The Hall–Kier alpha value is -1.09. The minimum atomic E-state index is 0.336. The minimum absolute atomic E-state index is 0.336. The second kappa shape index (κ2) is 3.34. The molecule has 0 unspecified atom stereocenters. The molecule has 1 aromatic heterocycles. The zero-order valence-corrected chi connectivity index (χ0v) is 6.72. The summed E-state index contributed by atoms with van der Waals surface area (Å²) in [7, 11) is 1.51. The Bertz CT molecular complexity index is 275. The molecule has 0 saturated heterocycles. The predicted molar refractivity (Wildman–Crippen MR) is 43.7 cm³/mol. The van der Waals surface area contributed by atoms with E-state index in [1.807, 2.05) is 0 Å². The van der Waals surface area contributed by atoms with Crippen molar-refractivity contribution >= 4 is 17.8 Å². The Morgan fingerprint density at radius 1 is 1.64 bits per heavy atom. The van der Waals surface area contributed by atoms with Crippen LogP contribution in [0.25, 0.3) is 0 Å². The molecule has 11 heavy (non-hydrogen) atoms. The van der Waals surface area contributed by atoms with Crippen molar-refractivity contribution in [3.8, 4) is 5.88 Å². The van der Waals surface area contributed by atoms with Gasteiger partial charge in [0.05, 0.1) is 7.11 Å². The first-order chi connectivity index (χ1) is 5.26. The van der Waals surface area contributed by atoms with E-state index in [4.69, 9.17) is 21.7 Å². The van der Waals surface area contributed by atoms with Crippen LogP contribution in [0.2, 0.25) is 5.15 Å². The first-order valence-electron chi connectivity index (χ1n) is 2.98. The number of hydrogen-bond acceptors (Lipinski definition) is 3. The highest BCUT2D eigenvalue weighted by Gasteiger charge is 1.97. The van der Waals surface area contributed by atoms with Gasteiger partial charge in [0.2, 0.25) is 5.88 Å². The minimum Gasteiger partial charge on any atom is -0.481 e. The first-order valence-corrected chi connectivity index (χ1v) is 3.36. The SMILES string of the molecule is COc1cc(C=N)cc(Cl)n1. The highest BCUT2D eigenvalue weighted by Crippen LogP contribution is 2.13. The highest BCUT2D eigenvalue weighted by molar-refractivity contribution is 6.29. The van der Waals surface area contributed by atoms with Gasteiger partial charge in [-0.05, 0) is 6.07 Å². The van der Waals surface area contributed by atoms with Crippen LogP contribution < -0.4 is 4.74 Å². The maximum Gasteiger partial charge on any atom is 0.215 e. The third-order valence-corrected chi connectivity index (χ3v) is 1.36. The van der Waals surface area contributed by atoms with Gasteiger partial charge in [0.1, 0.15) is 5.15 Å². The average Bonchev–Trinajstić information content (AvgIpc) is 2.03. The number of halogens is 1. The summed E-state index contributed by atoms with van der Waals surface area (Å²) >= 11 is 5.61. The van der Waals surface area contributed by atoms with Crippen molar-refractivity contribution in [2.24, 2.45) is 0 Å². The molecule has 1 aromatic rings. The van der Waals surface area contributed by atoms with E-state index in [0.717, 1.165) is 0 Å². The third-order valence-electron chi connectivity index (χ3n) is 1.17. The van der Waals surface area contributed by atoms with Crippen LogP contribution in [0.3, 0.4) is 0 Å². The predicted octanol–water partition coefficient (Wildman–Crippen LogP) is 1.74. The lowest BCUT2D eigenvalue weighted by atomic mass is 10.3. The molecule has 3 nitrogen and oxygen atoms in total. The third kappa shape index (κ3) is 1.91. The molecular weight excluding hydrogens is 164 g/mol. The summed E-state index contributed by atoms with van der Waals surface area (Å²) in [6.07, 6.45) is 1.19. The van der Waals surface area contributed by atoms with Crippen molar-refractivity contribution in [3.63, 3.8) is 0 Å². The van der Waals surface area contributed by atoms with E-state index < -0.39 is 0 Å². The van der Waals surface area contributed by atoms with Crippen LogP contribution >= 0.6 is 11.6 Å². The van der Waals surface area contributed by atoms with Crippen molar-refractivity contribution in [3.05, 3.63) is 22.8 Å². The molecule has 0 aliphatic carbocycles. The molecule has 0 atom stereocenters. The molecule has 0 aromatic carbocycles. The summed E-state index contributed by atoms with van der Waals surface area (Å²) in [5, 5.41) is 7.28. The largest absolute Gasteiger partial charge is 0.481 e. The number of hydrogen-bond donors (Lipinski definition) is 1. The lowest BCUT2D eigenvalue weighted by Crippen LogP contribution is -1.90. The first kappa shape index (κ1) is 8.01. The topological polar surface area (TPSA) is 46.0 Å². The van der Waals surface area contributed by atoms with E-state index >= 15 is 0 Å². The van der Waals surface area contributed by atoms with Crippen molar-refractivity contribution in [1.82, 2.24) is 4.98 Å². The highest BCUT2D eigenvalue weighted by atomic mass is 35.5. The molecular formula is C7H7ClN2O. The zero-order valence-electron chi connectivity index (χ0n) is 5.97. The van der Waals surface area contributed by atoms with Crippen LogP contribution in [0, 0.1) is 5.41 Å². The summed E-state index contributed by atoms with van der Waals surface area (Å²) in [4.78, 5) is 3.84. The van der Waals surface area contributed by atoms with Gasteiger partial charge in [-0.1, -0.05) is 11.6 Å². The summed E-state index contributed by atoms with van der Waals surface area (Å²) in [6, 6.07) is 3.23.